The van der Waals surface area contributed by atoms with Gasteiger partial charge in [0.2, 0.25) is 0 Å². The van der Waals surface area contributed by atoms with Gasteiger partial charge < -0.3 is 15.5 Å². The Labute approximate surface area is 160 Å². The first-order valence-electron chi connectivity index (χ1n) is 10.0. The molecule has 0 saturated carbocycles. The highest BCUT2D eigenvalue weighted by atomic mass is 16.2. The quantitative estimate of drug-likeness (QED) is 0.328. The van der Waals surface area contributed by atoms with Crippen molar-refractivity contribution in [3.63, 3.8) is 0 Å². The highest BCUT2D eigenvalue weighted by Crippen LogP contribution is 2.30. The van der Waals surface area contributed by atoms with Crippen LogP contribution in [0.5, 0.6) is 0 Å². The maximum absolute atomic E-state index is 12.2. The van der Waals surface area contributed by atoms with Crippen molar-refractivity contribution >= 4 is 17.9 Å². The maximum Gasteiger partial charge on any atom is 0.322 e. The Morgan fingerprint density at radius 2 is 1.89 bits per heavy atom. The van der Waals surface area contributed by atoms with Crippen LogP contribution in [-0.2, 0) is 4.79 Å². The van der Waals surface area contributed by atoms with E-state index in [1.165, 1.54) is 26.2 Å². The van der Waals surface area contributed by atoms with Crippen LogP contribution >= 0.6 is 0 Å². The molecule has 3 amide bonds. The largest absolute Gasteiger partial charge is 0.355 e. The molecule has 5 rings (SSSR count). The summed E-state index contributed by atoms with van der Waals surface area (Å²) in [6.07, 6.45) is 1.71. The number of piperidine rings is 1. The molecular weight excluding hydrogens is 346 g/mol. The van der Waals surface area contributed by atoms with Crippen molar-refractivity contribution in [3.05, 3.63) is 0 Å². The van der Waals surface area contributed by atoms with Gasteiger partial charge in [-0.15, -0.1) is 0 Å². The van der Waals surface area contributed by atoms with Gasteiger partial charge in [-0.3, -0.25) is 24.9 Å². The van der Waals surface area contributed by atoms with E-state index >= 15 is 0 Å². The molecule has 150 valence electrons. The highest BCUT2D eigenvalue weighted by Gasteiger charge is 2.48. The van der Waals surface area contributed by atoms with Crippen molar-refractivity contribution in [1.82, 2.24) is 30.7 Å². The Morgan fingerprint density at radius 1 is 1.19 bits per heavy atom. The number of imide groups is 1. The molecule has 5 fully saturated rings. The van der Waals surface area contributed by atoms with Crippen molar-refractivity contribution in [2.45, 2.75) is 31.3 Å². The molecule has 0 aromatic rings. The molecule has 0 aliphatic carbocycles. The van der Waals surface area contributed by atoms with E-state index in [1.807, 2.05) is 14.0 Å². The van der Waals surface area contributed by atoms with Crippen molar-refractivity contribution < 1.29 is 9.59 Å². The van der Waals surface area contributed by atoms with Crippen molar-refractivity contribution in [3.8, 4) is 0 Å². The second-order valence-corrected chi connectivity index (χ2v) is 8.29. The van der Waals surface area contributed by atoms with Gasteiger partial charge in [-0.2, -0.15) is 0 Å². The van der Waals surface area contributed by atoms with Crippen LogP contribution in [0.25, 0.3) is 0 Å². The molecule has 27 heavy (non-hydrogen) atoms. The van der Waals surface area contributed by atoms with Gasteiger partial charge in [-0.1, -0.05) is 0 Å². The SMILES string of the molecule is CN=C(NCC1CN2CCN1CC2)N1CCC(C2(C)NC(=O)NC2=O)CC1. The molecule has 2 atom stereocenters. The van der Waals surface area contributed by atoms with Gasteiger partial charge in [0.15, 0.2) is 5.96 Å². The number of hydrogen-bond donors (Lipinski definition) is 3. The number of carbonyl (C=O) groups is 2. The van der Waals surface area contributed by atoms with Crippen LogP contribution in [0.1, 0.15) is 19.8 Å². The van der Waals surface area contributed by atoms with Gasteiger partial charge in [-0.25, -0.2) is 4.79 Å². The van der Waals surface area contributed by atoms with Crippen LogP contribution in [0.3, 0.4) is 0 Å². The minimum absolute atomic E-state index is 0.145. The van der Waals surface area contributed by atoms with E-state index in [1.54, 1.807) is 0 Å². The summed E-state index contributed by atoms with van der Waals surface area (Å²) >= 11 is 0. The van der Waals surface area contributed by atoms with Gasteiger partial charge in [-0.05, 0) is 25.7 Å². The average molecular weight is 377 g/mol. The van der Waals surface area contributed by atoms with E-state index < -0.39 is 5.54 Å². The fourth-order valence-electron chi connectivity index (χ4n) is 4.97. The summed E-state index contributed by atoms with van der Waals surface area (Å²) in [5.41, 5.74) is -0.789. The van der Waals surface area contributed by atoms with Crippen LogP contribution in [0.15, 0.2) is 4.99 Å². The minimum Gasteiger partial charge on any atom is -0.355 e. The molecule has 0 spiro atoms. The standard InChI is InChI=1S/C18H31N7O2/c1-18(15(26)21-17(27)22-18)13-3-5-25(6-4-13)16(19-2)20-11-14-12-23-7-9-24(14)10-8-23/h13-14H,3-12H2,1-2H3,(H,19,20)(H2,21,22,26,27). The van der Waals surface area contributed by atoms with E-state index in [9.17, 15) is 9.59 Å². The number of nitrogens with one attached hydrogen (secondary N) is 3. The first kappa shape index (κ1) is 18.5. The summed E-state index contributed by atoms with van der Waals surface area (Å²) in [6, 6.07) is 0.174. The molecule has 0 radical (unpaired) electrons. The number of carbonyl (C=O) groups excluding carboxylic acids is 2. The van der Waals surface area contributed by atoms with Crippen molar-refractivity contribution in [1.29, 1.82) is 0 Å². The van der Waals surface area contributed by atoms with Crippen LogP contribution in [0.2, 0.25) is 0 Å². The molecule has 5 heterocycles. The maximum atomic E-state index is 12.2. The number of hydrogen-bond acceptors (Lipinski definition) is 5. The molecule has 0 aromatic carbocycles. The summed E-state index contributed by atoms with van der Waals surface area (Å²) in [5, 5.41) is 8.75. The monoisotopic (exact) mass is 377 g/mol. The topological polar surface area (TPSA) is 92.3 Å². The lowest BCUT2D eigenvalue weighted by molar-refractivity contribution is -0.125. The fraction of sp³-hybridized carbons (Fsp3) is 0.833. The van der Waals surface area contributed by atoms with Crippen LogP contribution in [0.4, 0.5) is 4.79 Å². The zero-order valence-electron chi connectivity index (χ0n) is 16.3. The summed E-state index contributed by atoms with van der Waals surface area (Å²) in [7, 11) is 1.83. The summed E-state index contributed by atoms with van der Waals surface area (Å²) in [4.78, 5) is 35.6. The molecule has 9 heteroatoms. The lowest BCUT2D eigenvalue weighted by Gasteiger charge is -2.48. The lowest BCUT2D eigenvalue weighted by atomic mass is 9.79. The van der Waals surface area contributed by atoms with Gasteiger partial charge in [0, 0.05) is 65.4 Å². The van der Waals surface area contributed by atoms with Gasteiger partial charge in [0.25, 0.3) is 5.91 Å². The van der Waals surface area contributed by atoms with Crippen LogP contribution in [0, 0.1) is 5.92 Å². The Balaban J connectivity index is 1.29. The molecule has 3 N–H and O–H groups in total. The normalized spacial score (nSPS) is 37.3. The first-order valence-corrected chi connectivity index (χ1v) is 10.0. The number of guanidine groups is 1. The zero-order valence-corrected chi connectivity index (χ0v) is 16.3. The number of urea groups is 1. The predicted octanol–water partition coefficient (Wildman–Crippen LogP) is -1.13. The number of piperazine rings is 3. The second kappa shape index (κ2) is 7.27. The van der Waals surface area contributed by atoms with Crippen molar-refractivity contribution in [2.24, 2.45) is 10.9 Å². The third-order valence-electron chi connectivity index (χ3n) is 6.78. The number of nitrogens with zero attached hydrogens (tertiary/aromatic N) is 4. The second-order valence-electron chi connectivity index (χ2n) is 8.29. The van der Waals surface area contributed by atoms with E-state index in [-0.39, 0.29) is 17.9 Å². The number of fused-ring (bicyclic) bond motifs is 3. The Bertz CT molecular complexity index is 623. The van der Waals surface area contributed by atoms with E-state index in [2.05, 4.69) is 35.6 Å². The number of rotatable bonds is 3. The van der Waals surface area contributed by atoms with Crippen LogP contribution < -0.4 is 16.0 Å². The van der Waals surface area contributed by atoms with Crippen molar-refractivity contribution in [2.75, 3.05) is 59.4 Å². The van der Waals surface area contributed by atoms with E-state index in [4.69, 9.17) is 0 Å². The van der Waals surface area contributed by atoms with E-state index in [0.29, 0.717) is 6.04 Å². The molecule has 5 aliphatic heterocycles. The molecular formula is C18H31N7O2. The number of likely N-dealkylation sites (tertiary alicyclic amines) is 1. The highest BCUT2D eigenvalue weighted by molar-refractivity contribution is 6.07. The summed E-state index contributed by atoms with van der Waals surface area (Å²) < 4.78 is 0. The Hall–Kier alpha value is -1.87. The van der Waals surface area contributed by atoms with Crippen LogP contribution in [-0.4, -0.2) is 104 Å². The van der Waals surface area contributed by atoms with E-state index in [0.717, 1.165) is 45.0 Å². The molecule has 0 aromatic heterocycles. The Kier molecular flexibility index (Phi) is 4.98. The smallest absolute Gasteiger partial charge is 0.322 e. The fourth-order valence-corrected chi connectivity index (χ4v) is 4.97. The average Bonchev–Trinajstić information content (AvgIpc) is 2.96. The minimum atomic E-state index is -0.789. The third-order valence-corrected chi connectivity index (χ3v) is 6.78. The third kappa shape index (κ3) is 3.50. The summed E-state index contributed by atoms with van der Waals surface area (Å²) in [5.74, 6) is 0.882. The van der Waals surface area contributed by atoms with Gasteiger partial charge in [0.1, 0.15) is 5.54 Å². The predicted molar refractivity (Wildman–Crippen MR) is 103 cm³/mol. The van der Waals surface area contributed by atoms with Gasteiger partial charge >= 0.3 is 6.03 Å². The summed E-state index contributed by atoms with van der Waals surface area (Å²) in [6.45, 7) is 10.3. The number of aliphatic imine (C=N–C) groups is 1. The molecule has 9 nitrogen and oxygen atoms in total. The molecule has 5 aliphatic rings. The lowest BCUT2D eigenvalue weighted by Crippen LogP contribution is -2.64. The molecule has 2 bridgehead atoms. The Morgan fingerprint density at radius 3 is 2.41 bits per heavy atom. The van der Waals surface area contributed by atoms with Gasteiger partial charge in [0.05, 0.1) is 0 Å². The molecule has 5 saturated heterocycles. The zero-order chi connectivity index (χ0) is 19.0. The molecule has 2 unspecified atom stereocenters. The first-order chi connectivity index (χ1) is 13.0. The number of amides is 3.